The average Bonchev–Trinajstić information content (AvgIpc) is 2.81. The number of aromatic nitrogens is 3. The zero-order valence-corrected chi connectivity index (χ0v) is 10.8. The van der Waals surface area contributed by atoms with Gasteiger partial charge >= 0.3 is 0 Å². The third-order valence-electron chi connectivity index (χ3n) is 3.79. The van der Waals surface area contributed by atoms with Gasteiger partial charge in [-0.15, -0.1) is 0 Å². The van der Waals surface area contributed by atoms with Crippen molar-refractivity contribution in [3.8, 4) is 0 Å². The largest absolute Gasteiger partial charge is 0.309 e. The molecule has 0 spiro atoms. The van der Waals surface area contributed by atoms with Crippen molar-refractivity contribution >= 4 is 5.65 Å². The van der Waals surface area contributed by atoms with E-state index in [-0.39, 0.29) is 5.56 Å². The fourth-order valence-electron chi connectivity index (χ4n) is 2.53. The lowest BCUT2D eigenvalue weighted by molar-refractivity contribution is 0.404. The Morgan fingerprint density at radius 1 is 1.39 bits per heavy atom. The van der Waals surface area contributed by atoms with Gasteiger partial charge in [0.2, 0.25) is 0 Å². The van der Waals surface area contributed by atoms with Crippen molar-refractivity contribution in [2.24, 2.45) is 0 Å². The monoisotopic (exact) mass is 246 g/mol. The molecule has 3 rings (SSSR count). The van der Waals surface area contributed by atoms with Crippen LogP contribution in [0.15, 0.2) is 10.9 Å². The Balaban J connectivity index is 2.10. The maximum absolute atomic E-state index is 12.1. The van der Waals surface area contributed by atoms with Crippen molar-refractivity contribution in [2.75, 3.05) is 6.54 Å². The maximum Gasteiger partial charge on any atom is 0.275 e. The van der Waals surface area contributed by atoms with E-state index in [9.17, 15) is 4.79 Å². The summed E-state index contributed by atoms with van der Waals surface area (Å²) in [6.45, 7) is 4.74. The Kier molecular flexibility index (Phi) is 2.70. The fraction of sp³-hybridized carbons (Fsp3) is 0.538. The maximum atomic E-state index is 12.1. The summed E-state index contributed by atoms with van der Waals surface area (Å²) in [5, 5.41) is 6.65. The summed E-state index contributed by atoms with van der Waals surface area (Å²) >= 11 is 0. The Morgan fingerprint density at radius 2 is 2.22 bits per heavy atom. The van der Waals surface area contributed by atoms with E-state index >= 15 is 0 Å². The molecule has 0 aliphatic carbocycles. The summed E-state index contributed by atoms with van der Waals surface area (Å²) in [5.74, 6) is 0. The van der Waals surface area contributed by atoms with E-state index in [2.05, 4.69) is 15.4 Å². The molecule has 5 heteroatoms. The topological polar surface area (TPSA) is 62.2 Å². The molecule has 18 heavy (non-hydrogen) atoms. The first-order chi connectivity index (χ1) is 8.66. The number of fused-ring (bicyclic) bond motifs is 1. The minimum atomic E-state index is -0.000408. The number of hydrogen-bond donors (Lipinski definition) is 2. The quantitative estimate of drug-likeness (QED) is 0.800. The summed E-state index contributed by atoms with van der Waals surface area (Å²) in [5.41, 5.74) is 3.29. The van der Waals surface area contributed by atoms with Gasteiger partial charge in [0.25, 0.3) is 5.56 Å². The highest BCUT2D eigenvalue weighted by Gasteiger charge is 2.18. The average molecular weight is 246 g/mol. The van der Waals surface area contributed by atoms with Crippen LogP contribution in [0.5, 0.6) is 0 Å². The molecular weight excluding hydrogens is 228 g/mol. The normalized spacial score (nSPS) is 20.4. The number of H-pyrrole nitrogens is 1. The van der Waals surface area contributed by atoms with Crippen LogP contribution >= 0.6 is 0 Å². The summed E-state index contributed by atoms with van der Waals surface area (Å²) in [7, 11) is 0. The summed E-state index contributed by atoms with van der Waals surface area (Å²) in [6, 6.07) is 2.30. The Hall–Kier alpha value is -1.62. The zero-order valence-electron chi connectivity index (χ0n) is 10.8. The van der Waals surface area contributed by atoms with Gasteiger partial charge in [-0.05, 0) is 33.2 Å². The van der Waals surface area contributed by atoms with E-state index in [0.29, 0.717) is 17.3 Å². The van der Waals surface area contributed by atoms with Crippen LogP contribution in [0.1, 0.15) is 42.3 Å². The van der Waals surface area contributed by atoms with Gasteiger partial charge in [-0.25, -0.2) is 9.50 Å². The van der Waals surface area contributed by atoms with E-state index in [1.807, 2.05) is 19.9 Å². The highest BCUT2D eigenvalue weighted by molar-refractivity contribution is 5.42. The minimum Gasteiger partial charge on any atom is -0.309 e. The molecule has 96 valence electrons. The minimum absolute atomic E-state index is 0.000408. The molecule has 1 aliphatic heterocycles. The van der Waals surface area contributed by atoms with Crippen LogP contribution in [-0.2, 0) is 0 Å². The first-order valence-electron chi connectivity index (χ1n) is 6.49. The molecule has 3 heterocycles. The van der Waals surface area contributed by atoms with Crippen LogP contribution in [-0.4, -0.2) is 21.1 Å². The first-order valence-corrected chi connectivity index (χ1v) is 6.49. The standard InChI is InChI=1S/C13H18N4O/c1-8-9(2)15-12-7-11(16-17(12)13(8)18)10-5-3-4-6-14-10/h7,10,14,16H,3-6H2,1-2H3/t10-/m0/s1. The molecule has 0 aromatic carbocycles. The predicted molar refractivity (Wildman–Crippen MR) is 69.9 cm³/mol. The van der Waals surface area contributed by atoms with Crippen LogP contribution in [0.4, 0.5) is 0 Å². The van der Waals surface area contributed by atoms with Crippen LogP contribution in [0.25, 0.3) is 5.65 Å². The summed E-state index contributed by atoms with van der Waals surface area (Å²) < 4.78 is 1.55. The second-order valence-corrected chi connectivity index (χ2v) is 5.03. The molecule has 1 saturated heterocycles. The number of rotatable bonds is 1. The Morgan fingerprint density at radius 3 is 2.94 bits per heavy atom. The van der Waals surface area contributed by atoms with Crippen molar-refractivity contribution in [1.29, 1.82) is 0 Å². The molecule has 1 atom stereocenters. The smallest absolute Gasteiger partial charge is 0.275 e. The SMILES string of the molecule is Cc1nc2cc([C@@H]3CCCCN3)[nH]n2c(=O)c1C. The van der Waals surface area contributed by atoms with Gasteiger partial charge in [0, 0.05) is 23.4 Å². The van der Waals surface area contributed by atoms with Crippen molar-refractivity contribution in [1.82, 2.24) is 19.9 Å². The molecule has 0 amide bonds. The number of piperidine rings is 1. The molecule has 0 saturated carbocycles. The number of nitrogens with one attached hydrogen (secondary N) is 2. The van der Waals surface area contributed by atoms with Crippen LogP contribution < -0.4 is 10.9 Å². The number of hydrogen-bond acceptors (Lipinski definition) is 3. The molecule has 1 fully saturated rings. The number of aromatic amines is 1. The van der Waals surface area contributed by atoms with Gasteiger partial charge < -0.3 is 5.32 Å². The lowest BCUT2D eigenvalue weighted by Crippen LogP contribution is -2.27. The molecule has 2 aromatic heterocycles. The lowest BCUT2D eigenvalue weighted by Gasteiger charge is -2.21. The van der Waals surface area contributed by atoms with E-state index < -0.39 is 0 Å². The highest BCUT2D eigenvalue weighted by Crippen LogP contribution is 2.22. The van der Waals surface area contributed by atoms with Gasteiger partial charge in [0.1, 0.15) is 0 Å². The van der Waals surface area contributed by atoms with Gasteiger partial charge in [-0.3, -0.25) is 9.89 Å². The molecule has 0 unspecified atom stereocenters. The molecule has 1 aliphatic rings. The second kappa shape index (κ2) is 4.24. The van der Waals surface area contributed by atoms with Gasteiger partial charge in [-0.1, -0.05) is 6.42 Å². The summed E-state index contributed by atoms with van der Waals surface area (Å²) in [6.07, 6.45) is 3.57. The number of nitrogens with zero attached hydrogens (tertiary/aromatic N) is 2. The number of aryl methyl sites for hydroxylation is 1. The van der Waals surface area contributed by atoms with Gasteiger partial charge in [0.15, 0.2) is 5.65 Å². The molecular formula is C13H18N4O. The van der Waals surface area contributed by atoms with Crippen molar-refractivity contribution in [3.63, 3.8) is 0 Å². The van der Waals surface area contributed by atoms with E-state index in [1.54, 1.807) is 4.52 Å². The molecule has 2 N–H and O–H groups in total. The van der Waals surface area contributed by atoms with Gasteiger partial charge in [0.05, 0.1) is 5.69 Å². The first kappa shape index (κ1) is 11.5. The third kappa shape index (κ3) is 1.75. The molecule has 0 bridgehead atoms. The van der Waals surface area contributed by atoms with Gasteiger partial charge in [-0.2, -0.15) is 0 Å². The molecule has 2 aromatic rings. The summed E-state index contributed by atoms with van der Waals surface area (Å²) in [4.78, 5) is 16.6. The van der Waals surface area contributed by atoms with Crippen molar-refractivity contribution < 1.29 is 0 Å². The third-order valence-corrected chi connectivity index (χ3v) is 3.79. The zero-order chi connectivity index (χ0) is 12.7. The Bertz CT molecular complexity index is 634. The van der Waals surface area contributed by atoms with E-state index in [4.69, 9.17) is 0 Å². The Labute approximate surface area is 105 Å². The van der Waals surface area contributed by atoms with Crippen molar-refractivity contribution in [3.05, 3.63) is 33.4 Å². The van der Waals surface area contributed by atoms with Crippen LogP contribution in [0.3, 0.4) is 0 Å². The van der Waals surface area contributed by atoms with E-state index in [1.165, 1.54) is 12.8 Å². The lowest BCUT2D eigenvalue weighted by atomic mass is 10.0. The highest BCUT2D eigenvalue weighted by atomic mass is 16.1. The second-order valence-electron chi connectivity index (χ2n) is 5.03. The fourth-order valence-corrected chi connectivity index (χ4v) is 2.53. The van der Waals surface area contributed by atoms with Crippen LogP contribution in [0.2, 0.25) is 0 Å². The van der Waals surface area contributed by atoms with Crippen molar-refractivity contribution in [2.45, 2.75) is 39.2 Å². The van der Waals surface area contributed by atoms with E-state index in [0.717, 1.165) is 24.4 Å². The molecule has 0 radical (unpaired) electrons. The molecule has 5 nitrogen and oxygen atoms in total. The predicted octanol–water partition coefficient (Wildman–Crippen LogP) is 1.45. The van der Waals surface area contributed by atoms with Crippen LogP contribution in [0, 0.1) is 13.8 Å².